The summed E-state index contributed by atoms with van der Waals surface area (Å²) >= 11 is 4.96. The highest BCUT2D eigenvalue weighted by atomic mass is 32.1. The zero-order chi connectivity index (χ0) is 10.1. The van der Waals surface area contributed by atoms with Crippen LogP contribution in [-0.4, -0.2) is 18.1 Å². The molecule has 1 aliphatic heterocycles. The third-order valence-electron chi connectivity index (χ3n) is 2.74. The zero-order valence-corrected chi connectivity index (χ0v) is 9.10. The fourth-order valence-corrected chi connectivity index (χ4v) is 2.08. The maximum Gasteiger partial charge on any atom is 0.103 e. The first kappa shape index (κ1) is 9.46. The van der Waals surface area contributed by atoms with Crippen molar-refractivity contribution in [3.8, 4) is 0 Å². The van der Waals surface area contributed by atoms with Crippen LogP contribution in [0.3, 0.4) is 0 Å². The molecule has 1 aromatic rings. The molecule has 0 unspecified atom stereocenters. The van der Waals surface area contributed by atoms with Gasteiger partial charge in [0.1, 0.15) is 4.99 Å². The molecule has 2 nitrogen and oxygen atoms in total. The summed E-state index contributed by atoms with van der Waals surface area (Å²) in [5.41, 5.74) is 9.29. The number of nitrogens with two attached hydrogens (primary N) is 1. The van der Waals surface area contributed by atoms with Crippen LogP contribution in [-0.2, 0) is 6.42 Å². The van der Waals surface area contributed by atoms with Crippen molar-refractivity contribution in [2.75, 3.05) is 18.0 Å². The molecule has 1 heterocycles. The highest BCUT2D eigenvalue weighted by molar-refractivity contribution is 7.80. The van der Waals surface area contributed by atoms with E-state index in [9.17, 15) is 0 Å². The van der Waals surface area contributed by atoms with Crippen LogP contribution < -0.4 is 10.6 Å². The van der Waals surface area contributed by atoms with E-state index in [0.717, 1.165) is 25.1 Å². The molecule has 1 aromatic carbocycles. The Labute approximate surface area is 89.7 Å². The second-order valence-electron chi connectivity index (χ2n) is 3.54. The summed E-state index contributed by atoms with van der Waals surface area (Å²) in [5, 5.41) is 0. The van der Waals surface area contributed by atoms with E-state index in [1.54, 1.807) is 0 Å². The van der Waals surface area contributed by atoms with Crippen molar-refractivity contribution in [3.63, 3.8) is 0 Å². The van der Waals surface area contributed by atoms with Crippen LogP contribution in [0.2, 0.25) is 0 Å². The van der Waals surface area contributed by atoms with Gasteiger partial charge in [0, 0.05) is 24.3 Å². The Kier molecular flexibility index (Phi) is 2.42. The molecule has 0 bridgehead atoms. The van der Waals surface area contributed by atoms with E-state index in [1.165, 1.54) is 11.3 Å². The minimum absolute atomic E-state index is 0.489. The average Bonchev–Trinajstić information content (AvgIpc) is 2.59. The van der Waals surface area contributed by atoms with Gasteiger partial charge < -0.3 is 10.6 Å². The first-order valence-electron chi connectivity index (χ1n) is 4.90. The highest BCUT2D eigenvalue weighted by Crippen LogP contribution is 2.28. The summed E-state index contributed by atoms with van der Waals surface area (Å²) in [7, 11) is 0. The Hall–Kier alpha value is -1.09. The third-order valence-corrected chi connectivity index (χ3v) is 2.97. The number of rotatable bonds is 2. The molecule has 0 saturated carbocycles. The number of benzene rings is 1. The molecule has 0 fully saturated rings. The molecule has 0 aliphatic carbocycles. The fourth-order valence-electron chi connectivity index (χ4n) is 1.95. The van der Waals surface area contributed by atoms with E-state index in [-0.39, 0.29) is 0 Å². The van der Waals surface area contributed by atoms with E-state index in [1.807, 2.05) is 6.07 Å². The molecule has 0 spiro atoms. The highest BCUT2D eigenvalue weighted by Gasteiger charge is 2.17. The summed E-state index contributed by atoms with van der Waals surface area (Å²) in [6.07, 6.45) is 1.11. The lowest BCUT2D eigenvalue weighted by atomic mass is 10.1. The SMILES string of the molecule is CCN1CCc2cc(C(N)=S)ccc21. The number of anilines is 1. The zero-order valence-electron chi connectivity index (χ0n) is 8.29. The number of nitrogens with zero attached hydrogens (tertiary/aromatic N) is 1. The smallest absolute Gasteiger partial charge is 0.103 e. The maximum atomic E-state index is 5.59. The number of hydrogen-bond acceptors (Lipinski definition) is 2. The largest absolute Gasteiger partial charge is 0.389 e. The molecular weight excluding hydrogens is 192 g/mol. The van der Waals surface area contributed by atoms with E-state index in [4.69, 9.17) is 18.0 Å². The Morgan fingerprint density at radius 2 is 2.36 bits per heavy atom. The van der Waals surface area contributed by atoms with E-state index in [2.05, 4.69) is 24.0 Å². The second kappa shape index (κ2) is 3.58. The van der Waals surface area contributed by atoms with E-state index < -0.39 is 0 Å². The lowest BCUT2D eigenvalue weighted by molar-refractivity contribution is 0.868. The quantitative estimate of drug-likeness (QED) is 0.747. The van der Waals surface area contributed by atoms with Gasteiger partial charge in [0.25, 0.3) is 0 Å². The second-order valence-corrected chi connectivity index (χ2v) is 3.98. The van der Waals surface area contributed by atoms with Gasteiger partial charge in [-0.05, 0) is 37.1 Å². The molecule has 0 radical (unpaired) electrons. The monoisotopic (exact) mass is 206 g/mol. The summed E-state index contributed by atoms with van der Waals surface area (Å²) < 4.78 is 0. The van der Waals surface area contributed by atoms with Crippen LogP contribution in [0, 0.1) is 0 Å². The fraction of sp³-hybridized carbons (Fsp3) is 0.364. The molecule has 74 valence electrons. The first-order valence-corrected chi connectivity index (χ1v) is 5.31. The van der Waals surface area contributed by atoms with Gasteiger partial charge in [-0.1, -0.05) is 12.2 Å². The van der Waals surface area contributed by atoms with Gasteiger partial charge in [-0.2, -0.15) is 0 Å². The van der Waals surface area contributed by atoms with Crippen LogP contribution in [0.1, 0.15) is 18.1 Å². The summed E-state index contributed by atoms with van der Waals surface area (Å²) in [6.45, 7) is 4.36. The molecule has 0 saturated heterocycles. The summed E-state index contributed by atoms with van der Waals surface area (Å²) in [5.74, 6) is 0. The number of likely N-dealkylation sites (N-methyl/N-ethyl adjacent to an activating group) is 1. The van der Waals surface area contributed by atoms with E-state index in [0.29, 0.717) is 4.99 Å². The molecule has 1 aliphatic rings. The van der Waals surface area contributed by atoms with Gasteiger partial charge in [-0.15, -0.1) is 0 Å². The predicted octanol–water partition coefficient (Wildman–Crippen LogP) is 1.70. The lowest BCUT2D eigenvalue weighted by Crippen LogP contribution is -2.19. The van der Waals surface area contributed by atoms with Crippen molar-refractivity contribution < 1.29 is 0 Å². The van der Waals surface area contributed by atoms with Gasteiger partial charge in [0.05, 0.1) is 0 Å². The molecule has 2 N–H and O–H groups in total. The summed E-state index contributed by atoms with van der Waals surface area (Å²) in [6, 6.07) is 6.25. The molecule has 3 heteroatoms. The van der Waals surface area contributed by atoms with Crippen molar-refractivity contribution in [1.82, 2.24) is 0 Å². The van der Waals surface area contributed by atoms with Crippen LogP contribution in [0.5, 0.6) is 0 Å². The van der Waals surface area contributed by atoms with Gasteiger partial charge >= 0.3 is 0 Å². The van der Waals surface area contributed by atoms with Gasteiger partial charge in [0.2, 0.25) is 0 Å². The predicted molar refractivity (Wildman–Crippen MR) is 63.9 cm³/mol. The number of hydrogen-bond donors (Lipinski definition) is 1. The van der Waals surface area contributed by atoms with E-state index >= 15 is 0 Å². The lowest BCUT2D eigenvalue weighted by Gasteiger charge is -2.16. The molecule has 0 aromatic heterocycles. The van der Waals surface area contributed by atoms with Crippen molar-refractivity contribution >= 4 is 22.9 Å². The molecule has 14 heavy (non-hydrogen) atoms. The topological polar surface area (TPSA) is 29.3 Å². The average molecular weight is 206 g/mol. The van der Waals surface area contributed by atoms with Gasteiger partial charge in [0.15, 0.2) is 0 Å². The van der Waals surface area contributed by atoms with Crippen molar-refractivity contribution in [2.24, 2.45) is 5.73 Å². The molecular formula is C11H14N2S. The Morgan fingerprint density at radius 1 is 1.57 bits per heavy atom. The van der Waals surface area contributed by atoms with Crippen LogP contribution in [0.15, 0.2) is 18.2 Å². The van der Waals surface area contributed by atoms with Crippen molar-refractivity contribution in [2.45, 2.75) is 13.3 Å². The third kappa shape index (κ3) is 1.48. The Morgan fingerprint density at radius 3 is 3.00 bits per heavy atom. The van der Waals surface area contributed by atoms with Gasteiger partial charge in [-0.3, -0.25) is 0 Å². The Balaban J connectivity index is 2.39. The molecule has 0 atom stereocenters. The minimum Gasteiger partial charge on any atom is -0.389 e. The maximum absolute atomic E-state index is 5.59. The first-order chi connectivity index (χ1) is 6.72. The normalized spacial score (nSPS) is 14.2. The standard InChI is InChI=1S/C11H14N2S/c1-2-13-6-5-8-7-9(11(12)14)3-4-10(8)13/h3-4,7H,2,5-6H2,1H3,(H2,12,14). The Bertz CT molecular complexity index is 374. The number of fused-ring (bicyclic) bond motifs is 1. The van der Waals surface area contributed by atoms with Crippen LogP contribution in [0.4, 0.5) is 5.69 Å². The minimum atomic E-state index is 0.489. The number of thiocarbonyl (C=S) groups is 1. The van der Waals surface area contributed by atoms with Crippen molar-refractivity contribution in [1.29, 1.82) is 0 Å². The van der Waals surface area contributed by atoms with Crippen LogP contribution in [0.25, 0.3) is 0 Å². The molecule has 2 rings (SSSR count). The molecule has 0 amide bonds. The van der Waals surface area contributed by atoms with Crippen molar-refractivity contribution in [3.05, 3.63) is 29.3 Å². The summed E-state index contributed by atoms with van der Waals surface area (Å²) in [4.78, 5) is 2.86. The van der Waals surface area contributed by atoms with Gasteiger partial charge in [-0.25, -0.2) is 0 Å². The van der Waals surface area contributed by atoms with Crippen LogP contribution >= 0.6 is 12.2 Å².